The van der Waals surface area contributed by atoms with Gasteiger partial charge in [0.15, 0.2) is 0 Å². The summed E-state index contributed by atoms with van der Waals surface area (Å²) in [5, 5.41) is 4.16. The Morgan fingerprint density at radius 2 is 1.69 bits per heavy atom. The van der Waals surface area contributed by atoms with Crippen LogP contribution in [0.4, 0.5) is 11.8 Å². The standard InChI is InChI=1S/C27H37ClN6O/c28-24-10-4-3-9-23(24)26(35)33-18-12-22(13-19-33)34-17-7-8-21(20-34)30-27-29-14-11-25(31-27)32-15-5-1-2-6-16-32/h3-4,9-11,14,21-22H,1-2,5-8,12-13,15-20H2,(H,29,30,31). The third kappa shape index (κ3) is 6.07. The highest BCUT2D eigenvalue weighted by atomic mass is 35.5. The fraction of sp³-hybridized carbons (Fsp3) is 0.593. The molecule has 3 aliphatic heterocycles. The van der Waals surface area contributed by atoms with Crippen LogP contribution in [0.5, 0.6) is 0 Å². The molecule has 35 heavy (non-hydrogen) atoms. The van der Waals surface area contributed by atoms with Crippen LogP contribution in [0.1, 0.15) is 61.7 Å². The molecular weight excluding hydrogens is 460 g/mol. The van der Waals surface area contributed by atoms with Crippen molar-refractivity contribution in [1.82, 2.24) is 19.8 Å². The highest BCUT2D eigenvalue weighted by Crippen LogP contribution is 2.25. The molecule has 1 N–H and O–H groups in total. The molecule has 3 fully saturated rings. The highest BCUT2D eigenvalue weighted by Gasteiger charge is 2.31. The van der Waals surface area contributed by atoms with E-state index in [-0.39, 0.29) is 5.91 Å². The van der Waals surface area contributed by atoms with E-state index in [1.165, 1.54) is 32.1 Å². The van der Waals surface area contributed by atoms with Crippen LogP contribution in [0.3, 0.4) is 0 Å². The number of nitrogens with zero attached hydrogens (tertiary/aromatic N) is 5. The zero-order valence-electron chi connectivity index (χ0n) is 20.5. The smallest absolute Gasteiger partial charge is 0.255 e. The van der Waals surface area contributed by atoms with E-state index in [0.29, 0.717) is 22.7 Å². The Balaban J connectivity index is 1.14. The van der Waals surface area contributed by atoms with Crippen molar-refractivity contribution in [2.24, 2.45) is 0 Å². The third-order valence-electron chi connectivity index (χ3n) is 7.73. The molecule has 4 heterocycles. The lowest BCUT2D eigenvalue weighted by atomic mass is 9.97. The molecule has 1 aromatic carbocycles. The lowest BCUT2D eigenvalue weighted by Gasteiger charge is -2.42. The number of benzene rings is 1. The van der Waals surface area contributed by atoms with Crippen molar-refractivity contribution in [3.05, 3.63) is 47.1 Å². The summed E-state index contributed by atoms with van der Waals surface area (Å²) >= 11 is 6.26. The van der Waals surface area contributed by atoms with Crippen LogP contribution >= 0.6 is 11.6 Å². The van der Waals surface area contributed by atoms with Gasteiger partial charge in [-0.15, -0.1) is 0 Å². The first kappa shape index (κ1) is 24.3. The number of hydrogen-bond donors (Lipinski definition) is 1. The summed E-state index contributed by atoms with van der Waals surface area (Å²) in [6.45, 7) is 5.86. The first-order chi connectivity index (χ1) is 17.2. The molecular formula is C27H37ClN6O. The van der Waals surface area contributed by atoms with Crippen molar-refractivity contribution in [3.8, 4) is 0 Å². The second-order valence-corrected chi connectivity index (χ2v) is 10.5. The quantitative estimate of drug-likeness (QED) is 0.647. The number of carbonyl (C=O) groups excluding carboxylic acids is 1. The van der Waals surface area contributed by atoms with Crippen LogP contribution in [0.15, 0.2) is 36.5 Å². The molecule has 3 saturated heterocycles. The largest absolute Gasteiger partial charge is 0.356 e. The Hall–Kier alpha value is -2.38. The van der Waals surface area contributed by atoms with Crippen molar-refractivity contribution >= 4 is 29.3 Å². The fourth-order valence-corrected chi connectivity index (χ4v) is 5.99. The van der Waals surface area contributed by atoms with E-state index in [9.17, 15) is 4.79 Å². The second kappa shape index (κ2) is 11.6. The number of nitrogens with one attached hydrogen (secondary N) is 1. The number of amides is 1. The first-order valence-corrected chi connectivity index (χ1v) is 13.7. The van der Waals surface area contributed by atoms with Gasteiger partial charge < -0.3 is 15.1 Å². The summed E-state index contributed by atoms with van der Waals surface area (Å²) in [4.78, 5) is 29.3. The Morgan fingerprint density at radius 3 is 2.46 bits per heavy atom. The van der Waals surface area contributed by atoms with Gasteiger partial charge in [-0.3, -0.25) is 9.69 Å². The third-order valence-corrected chi connectivity index (χ3v) is 8.06. The predicted octanol–water partition coefficient (Wildman–Crippen LogP) is 4.69. The molecule has 1 aromatic heterocycles. The zero-order chi connectivity index (χ0) is 24.0. The molecule has 2 aromatic rings. The molecule has 1 atom stereocenters. The Labute approximate surface area is 213 Å². The van der Waals surface area contributed by atoms with Gasteiger partial charge in [0.25, 0.3) is 5.91 Å². The maximum Gasteiger partial charge on any atom is 0.255 e. The molecule has 0 aliphatic carbocycles. The van der Waals surface area contributed by atoms with Gasteiger partial charge in [-0.25, -0.2) is 4.98 Å². The molecule has 188 valence electrons. The van der Waals surface area contributed by atoms with Crippen LogP contribution in [0.25, 0.3) is 0 Å². The minimum absolute atomic E-state index is 0.0497. The average molecular weight is 497 g/mol. The maximum atomic E-state index is 12.9. The Bertz CT molecular complexity index is 987. The van der Waals surface area contributed by atoms with Gasteiger partial charge >= 0.3 is 0 Å². The summed E-state index contributed by atoms with van der Waals surface area (Å²) in [5.41, 5.74) is 0.609. The molecule has 1 amide bonds. The van der Waals surface area contributed by atoms with Gasteiger partial charge in [-0.05, 0) is 63.3 Å². The fourth-order valence-electron chi connectivity index (χ4n) is 5.77. The molecule has 7 nitrogen and oxygen atoms in total. The predicted molar refractivity (Wildman–Crippen MR) is 141 cm³/mol. The van der Waals surface area contributed by atoms with E-state index < -0.39 is 0 Å². The number of anilines is 2. The van der Waals surface area contributed by atoms with Crippen LogP contribution in [0.2, 0.25) is 5.02 Å². The van der Waals surface area contributed by atoms with E-state index in [0.717, 1.165) is 70.3 Å². The lowest BCUT2D eigenvalue weighted by Crippen LogP contribution is -2.52. The van der Waals surface area contributed by atoms with Gasteiger partial charge in [0, 0.05) is 51.0 Å². The van der Waals surface area contributed by atoms with Crippen molar-refractivity contribution in [1.29, 1.82) is 0 Å². The van der Waals surface area contributed by atoms with Crippen molar-refractivity contribution in [2.45, 2.75) is 63.5 Å². The SMILES string of the molecule is O=C(c1ccccc1Cl)N1CCC(N2CCCC(Nc3nccc(N4CCCCCC4)n3)C2)CC1. The van der Waals surface area contributed by atoms with Crippen molar-refractivity contribution < 1.29 is 4.79 Å². The van der Waals surface area contributed by atoms with Crippen LogP contribution in [-0.2, 0) is 0 Å². The lowest BCUT2D eigenvalue weighted by molar-refractivity contribution is 0.0580. The minimum atomic E-state index is 0.0497. The average Bonchev–Trinajstić information content (AvgIpc) is 3.19. The molecule has 1 unspecified atom stereocenters. The van der Waals surface area contributed by atoms with E-state index in [1.54, 1.807) is 6.07 Å². The Morgan fingerprint density at radius 1 is 0.914 bits per heavy atom. The summed E-state index contributed by atoms with van der Waals surface area (Å²) < 4.78 is 0. The number of rotatable bonds is 5. The summed E-state index contributed by atoms with van der Waals surface area (Å²) in [6, 6.07) is 10.3. The number of aromatic nitrogens is 2. The van der Waals surface area contributed by atoms with Crippen LogP contribution < -0.4 is 10.2 Å². The van der Waals surface area contributed by atoms with E-state index in [1.807, 2.05) is 35.4 Å². The highest BCUT2D eigenvalue weighted by molar-refractivity contribution is 6.33. The zero-order valence-corrected chi connectivity index (χ0v) is 21.3. The van der Waals surface area contributed by atoms with Crippen molar-refractivity contribution in [3.63, 3.8) is 0 Å². The maximum absolute atomic E-state index is 12.9. The van der Waals surface area contributed by atoms with E-state index in [2.05, 4.69) is 20.1 Å². The van der Waals surface area contributed by atoms with Crippen molar-refractivity contribution in [2.75, 3.05) is 49.5 Å². The van der Waals surface area contributed by atoms with Gasteiger partial charge in [-0.2, -0.15) is 4.98 Å². The molecule has 0 saturated carbocycles. The molecule has 0 bridgehead atoms. The second-order valence-electron chi connectivity index (χ2n) is 10.1. The first-order valence-electron chi connectivity index (χ1n) is 13.3. The van der Waals surface area contributed by atoms with E-state index >= 15 is 0 Å². The molecule has 0 radical (unpaired) electrons. The van der Waals surface area contributed by atoms with Gasteiger partial charge in [-0.1, -0.05) is 36.6 Å². The molecule has 5 rings (SSSR count). The number of likely N-dealkylation sites (tertiary alicyclic amines) is 2. The molecule has 3 aliphatic rings. The summed E-state index contributed by atoms with van der Waals surface area (Å²) in [5.74, 6) is 1.85. The number of carbonyl (C=O) groups is 1. The molecule has 0 spiro atoms. The molecule has 8 heteroatoms. The normalized spacial score (nSPS) is 22.6. The van der Waals surface area contributed by atoms with Gasteiger partial charge in [0.05, 0.1) is 10.6 Å². The number of halogens is 1. The van der Waals surface area contributed by atoms with Gasteiger partial charge in [0.2, 0.25) is 5.95 Å². The number of hydrogen-bond acceptors (Lipinski definition) is 6. The van der Waals surface area contributed by atoms with Crippen LogP contribution in [0, 0.1) is 0 Å². The summed E-state index contributed by atoms with van der Waals surface area (Å²) in [7, 11) is 0. The van der Waals surface area contributed by atoms with E-state index in [4.69, 9.17) is 16.6 Å². The monoisotopic (exact) mass is 496 g/mol. The minimum Gasteiger partial charge on any atom is -0.356 e. The summed E-state index contributed by atoms with van der Waals surface area (Å²) in [6.07, 6.45) is 11.3. The topological polar surface area (TPSA) is 64.6 Å². The van der Waals surface area contributed by atoms with Crippen LogP contribution in [-0.4, -0.2) is 77.0 Å². The van der Waals surface area contributed by atoms with Gasteiger partial charge in [0.1, 0.15) is 5.82 Å². The number of piperidine rings is 2. The Kier molecular flexibility index (Phi) is 8.04.